The van der Waals surface area contributed by atoms with Crippen LogP contribution < -0.4 is 5.32 Å². The molecule has 0 aromatic carbocycles. The highest BCUT2D eigenvalue weighted by molar-refractivity contribution is 8.13. The van der Waals surface area contributed by atoms with Crippen LogP contribution in [0.15, 0.2) is 4.99 Å². The van der Waals surface area contributed by atoms with Crippen molar-refractivity contribution < 1.29 is 9.53 Å². The van der Waals surface area contributed by atoms with Gasteiger partial charge in [-0.15, -0.1) is 11.8 Å². The molecule has 0 spiro atoms. The molecule has 1 aliphatic heterocycles. The van der Waals surface area contributed by atoms with Crippen molar-refractivity contribution in [3.05, 3.63) is 0 Å². The monoisotopic (exact) mass is 202 g/mol. The van der Waals surface area contributed by atoms with E-state index in [1.807, 2.05) is 20.1 Å². The third kappa shape index (κ3) is 2.37. The van der Waals surface area contributed by atoms with E-state index < -0.39 is 0 Å². The Hall–Kier alpha value is -0.710. The summed E-state index contributed by atoms with van der Waals surface area (Å²) in [5.41, 5.74) is 0. The normalized spacial score (nSPS) is 28.5. The molecular weight excluding hydrogens is 188 g/mol. The van der Waals surface area contributed by atoms with Crippen LogP contribution in [0.5, 0.6) is 0 Å². The van der Waals surface area contributed by atoms with Gasteiger partial charge in [-0.25, -0.2) is 4.79 Å². The largest absolute Gasteiger partial charge is 0.437 e. The number of aliphatic imine (C=N–C) groups is 1. The second-order valence-corrected chi connectivity index (χ2v) is 3.60. The van der Waals surface area contributed by atoms with Crippen LogP contribution in [0.1, 0.15) is 13.8 Å². The van der Waals surface area contributed by atoms with Gasteiger partial charge in [0.15, 0.2) is 6.10 Å². The summed E-state index contributed by atoms with van der Waals surface area (Å²) in [6.07, 6.45) is 1.38. The zero-order valence-electron chi connectivity index (χ0n) is 8.03. The minimum Gasteiger partial charge on any atom is -0.437 e. The molecule has 1 amide bonds. The van der Waals surface area contributed by atoms with Crippen molar-refractivity contribution in [1.82, 2.24) is 5.32 Å². The number of hydrogen-bond donors (Lipinski definition) is 1. The molecule has 1 saturated heterocycles. The predicted molar refractivity (Wildman–Crippen MR) is 54.4 cm³/mol. The standard InChI is InChI=1S/C8H14N2O2S/c1-4-9-7(13-3)6-5(2)10-8(11)12-6/h5-6H,4H2,1-3H3,(H,10,11)/t5-,6+/m0/s1. The number of hydrogen-bond acceptors (Lipinski definition) is 4. The molecule has 0 unspecified atom stereocenters. The molecular formula is C8H14N2O2S. The molecule has 2 atom stereocenters. The van der Waals surface area contributed by atoms with Crippen molar-refractivity contribution >= 4 is 22.9 Å². The SMILES string of the molecule is CCN=C(SC)[C@@H]1OC(=O)N[C@H]1C. The Balaban J connectivity index is 2.69. The molecule has 1 fully saturated rings. The molecule has 1 N–H and O–H groups in total. The van der Waals surface area contributed by atoms with Gasteiger partial charge in [-0.2, -0.15) is 0 Å². The quantitative estimate of drug-likeness (QED) is 0.542. The number of cyclic esters (lactones) is 1. The van der Waals surface area contributed by atoms with Gasteiger partial charge in [0.25, 0.3) is 0 Å². The number of alkyl carbamates (subject to hydrolysis) is 1. The van der Waals surface area contributed by atoms with E-state index in [-0.39, 0.29) is 18.2 Å². The van der Waals surface area contributed by atoms with Gasteiger partial charge in [0.2, 0.25) is 0 Å². The third-order valence-electron chi connectivity index (χ3n) is 1.80. The fourth-order valence-corrected chi connectivity index (χ4v) is 1.95. The summed E-state index contributed by atoms with van der Waals surface area (Å²) in [6.45, 7) is 4.60. The first-order valence-electron chi connectivity index (χ1n) is 4.24. The van der Waals surface area contributed by atoms with Crippen molar-refractivity contribution in [1.29, 1.82) is 0 Å². The van der Waals surface area contributed by atoms with Gasteiger partial charge in [0.05, 0.1) is 6.04 Å². The first kappa shape index (κ1) is 10.4. The fourth-order valence-electron chi connectivity index (χ4n) is 1.20. The molecule has 1 rings (SSSR count). The van der Waals surface area contributed by atoms with Gasteiger partial charge in [0, 0.05) is 6.54 Å². The van der Waals surface area contributed by atoms with Crippen molar-refractivity contribution in [3.8, 4) is 0 Å². The highest BCUT2D eigenvalue weighted by Gasteiger charge is 2.34. The van der Waals surface area contributed by atoms with Crippen LogP contribution in [0.25, 0.3) is 0 Å². The fraction of sp³-hybridized carbons (Fsp3) is 0.750. The molecule has 0 bridgehead atoms. The molecule has 74 valence electrons. The molecule has 4 nitrogen and oxygen atoms in total. The summed E-state index contributed by atoms with van der Waals surface area (Å²) >= 11 is 1.53. The maximum absolute atomic E-state index is 10.9. The van der Waals surface area contributed by atoms with Crippen molar-refractivity contribution in [3.63, 3.8) is 0 Å². The highest BCUT2D eigenvalue weighted by Crippen LogP contribution is 2.16. The predicted octanol–water partition coefficient (Wildman–Crippen LogP) is 1.26. The Bertz CT molecular complexity index is 230. The van der Waals surface area contributed by atoms with Crippen LogP contribution >= 0.6 is 11.8 Å². The van der Waals surface area contributed by atoms with Crippen LogP contribution in [0.2, 0.25) is 0 Å². The first-order valence-corrected chi connectivity index (χ1v) is 5.47. The van der Waals surface area contributed by atoms with E-state index >= 15 is 0 Å². The van der Waals surface area contributed by atoms with Crippen molar-refractivity contribution in [2.45, 2.75) is 26.0 Å². The van der Waals surface area contributed by atoms with Crippen molar-refractivity contribution in [2.24, 2.45) is 4.99 Å². The lowest BCUT2D eigenvalue weighted by molar-refractivity contribution is 0.162. The first-order chi connectivity index (χ1) is 6.19. The summed E-state index contributed by atoms with van der Waals surface area (Å²) in [5.74, 6) is 0. The third-order valence-corrected chi connectivity index (χ3v) is 2.58. The Kier molecular flexibility index (Phi) is 3.59. The minimum absolute atomic E-state index is 0.0187. The van der Waals surface area contributed by atoms with Crippen LogP contribution in [0.4, 0.5) is 4.79 Å². The molecule has 0 saturated carbocycles. The second-order valence-electron chi connectivity index (χ2n) is 2.78. The van der Waals surface area contributed by atoms with E-state index in [0.717, 1.165) is 11.6 Å². The zero-order valence-corrected chi connectivity index (χ0v) is 8.85. The molecule has 1 aliphatic rings. The molecule has 0 radical (unpaired) electrons. The molecule has 0 aromatic heterocycles. The van der Waals surface area contributed by atoms with Gasteiger partial charge in [0.1, 0.15) is 5.04 Å². The van der Waals surface area contributed by atoms with Gasteiger partial charge >= 0.3 is 6.09 Å². The smallest absolute Gasteiger partial charge is 0.408 e. The highest BCUT2D eigenvalue weighted by atomic mass is 32.2. The van der Waals surface area contributed by atoms with Gasteiger partial charge in [-0.1, -0.05) is 0 Å². The summed E-state index contributed by atoms with van der Waals surface area (Å²) in [6, 6.07) is 0.0187. The molecule has 5 heteroatoms. The maximum atomic E-state index is 10.9. The minimum atomic E-state index is -0.352. The van der Waals surface area contributed by atoms with Gasteiger partial charge in [-0.05, 0) is 20.1 Å². The van der Waals surface area contributed by atoms with Gasteiger partial charge in [-0.3, -0.25) is 4.99 Å². The number of carbonyl (C=O) groups is 1. The number of thioether (sulfide) groups is 1. The van der Waals surface area contributed by atoms with Crippen LogP contribution in [-0.4, -0.2) is 36.1 Å². The Labute approximate surface area is 82.1 Å². The van der Waals surface area contributed by atoms with E-state index in [1.165, 1.54) is 11.8 Å². The zero-order chi connectivity index (χ0) is 9.84. The number of ether oxygens (including phenoxy) is 1. The second kappa shape index (κ2) is 4.50. The van der Waals surface area contributed by atoms with Crippen LogP contribution in [-0.2, 0) is 4.74 Å². The average Bonchev–Trinajstić information content (AvgIpc) is 2.41. The van der Waals surface area contributed by atoms with E-state index in [0.29, 0.717) is 0 Å². The lowest BCUT2D eigenvalue weighted by atomic mass is 10.2. The lowest BCUT2D eigenvalue weighted by Gasteiger charge is -2.13. The van der Waals surface area contributed by atoms with E-state index in [9.17, 15) is 4.79 Å². The Morgan fingerprint density at radius 2 is 2.46 bits per heavy atom. The number of nitrogens with one attached hydrogen (secondary N) is 1. The molecule has 0 aliphatic carbocycles. The summed E-state index contributed by atoms with van der Waals surface area (Å²) in [5, 5.41) is 3.57. The number of carbonyl (C=O) groups excluding carboxylic acids is 1. The van der Waals surface area contributed by atoms with Crippen molar-refractivity contribution in [2.75, 3.05) is 12.8 Å². The summed E-state index contributed by atoms with van der Waals surface area (Å²) < 4.78 is 5.08. The lowest BCUT2D eigenvalue weighted by Crippen LogP contribution is -2.32. The summed E-state index contributed by atoms with van der Waals surface area (Å²) in [7, 11) is 0. The van der Waals surface area contributed by atoms with Crippen LogP contribution in [0.3, 0.4) is 0 Å². The summed E-state index contributed by atoms with van der Waals surface area (Å²) in [4.78, 5) is 15.2. The van der Waals surface area contributed by atoms with Crippen LogP contribution in [0, 0.1) is 0 Å². The maximum Gasteiger partial charge on any atom is 0.408 e. The Morgan fingerprint density at radius 3 is 2.85 bits per heavy atom. The molecule has 13 heavy (non-hydrogen) atoms. The van der Waals surface area contributed by atoms with E-state index in [4.69, 9.17) is 4.74 Å². The number of nitrogens with zero attached hydrogens (tertiary/aromatic N) is 1. The molecule has 1 heterocycles. The van der Waals surface area contributed by atoms with Gasteiger partial charge < -0.3 is 10.1 Å². The molecule has 0 aromatic rings. The Morgan fingerprint density at radius 1 is 1.77 bits per heavy atom. The number of rotatable bonds is 2. The topological polar surface area (TPSA) is 50.7 Å². The average molecular weight is 202 g/mol. The van der Waals surface area contributed by atoms with E-state index in [1.54, 1.807) is 0 Å². The number of amides is 1. The van der Waals surface area contributed by atoms with E-state index in [2.05, 4.69) is 10.3 Å².